The molecule has 0 atom stereocenters. The second-order valence-corrected chi connectivity index (χ2v) is 7.33. The summed E-state index contributed by atoms with van der Waals surface area (Å²) >= 11 is -0.880. The molecular weight excluding hydrogens is 317 g/mol. The number of rotatable bonds is 2. The zero-order valence-electron chi connectivity index (χ0n) is 9.22. The van der Waals surface area contributed by atoms with Crippen LogP contribution in [-0.2, 0) is 0 Å². The van der Waals surface area contributed by atoms with E-state index in [1.54, 1.807) is 0 Å². The monoisotopic (exact) mass is 329 g/mol. The molecule has 0 spiro atoms. The molecule has 2 nitrogen and oxygen atoms in total. The van der Waals surface area contributed by atoms with Gasteiger partial charge in [0.1, 0.15) is 0 Å². The van der Waals surface area contributed by atoms with Gasteiger partial charge in [-0.05, 0) is 0 Å². The van der Waals surface area contributed by atoms with Crippen molar-refractivity contribution >= 4 is 46.4 Å². The molecule has 0 saturated carbocycles. The Bertz CT molecular complexity index is 681. The third-order valence-corrected chi connectivity index (χ3v) is 5.61. The Morgan fingerprint density at radius 3 is 2.82 bits per heavy atom. The van der Waals surface area contributed by atoms with Crippen LogP contribution in [0.25, 0.3) is 21.7 Å². The molecule has 0 amide bonds. The quantitative estimate of drug-likeness (QED) is 0.574. The molecule has 1 aromatic heterocycles. The van der Waals surface area contributed by atoms with Crippen molar-refractivity contribution in [3.63, 3.8) is 0 Å². The molecule has 0 aliphatic rings. The summed E-state index contributed by atoms with van der Waals surface area (Å²) in [4.78, 5) is 4.50. The maximum absolute atomic E-state index is 9.21. The fourth-order valence-corrected chi connectivity index (χ4v) is 4.49. The Balaban J connectivity index is 2.45. The zero-order valence-corrected chi connectivity index (χ0v) is 12.1. The van der Waals surface area contributed by atoms with E-state index < -0.39 is 21.1 Å². The first-order chi connectivity index (χ1) is 8.40. The van der Waals surface area contributed by atoms with E-state index in [1.807, 2.05) is 24.4 Å². The summed E-state index contributed by atoms with van der Waals surface area (Å²) < 4.78 is 1.67. The number of aliphatic hydroxyl groups is 1. The number of hydrogen-bond acceptors (Lipinski definition) is 2. The Kier molecular flexibility index (Phi) is 2.99. The molecule has 0 aliphatic heterocycles. The van der Waals surface area contributed by atoms with Crippen LogP contribution in [0.1, 0.15) is 0 Å². The predicted octanol–water partition coefficient (Wildman–Crippen LogP) is 1.67. The topological polar surface area (TPSA) is 33.1 Å². The van der Waals surface area contributed by atoms with Gasteiger partial charge in [0.15, 0.2) is 0 Å². The molecule has 0 fully saturated rings. The van der Waals surface area contributed by atoms with Gasteiger partial charge in [-0.15, -0.1) is 0 Å². The normalized spacial score (nSPS) is 11.1. The van der Waals surface area contributed by atoms with Gasteiger partial charge in [0.2, 0.25) is 0 Å². The Hall–Kier alpha value is -1.13. The van der Waals surface area contributed by atoms with Crippen LogP contribution in [0.3, 0.4) is 0 Å². The van der Waals surface area contributed by atoms with Crippen LogP contribution in [0.5, 0.6) is 0 Å². The summed E-state index contributed by atoms with van der Waals surface area (Å²) in [6.45, 7) is 0. The fourth-order valence-electron chi connectivity index (χ4n) is 2.14. The average Bonchev–Trinajstić information content (AvgIpc) is 2.39. The van der Waals surface area contributed by atoms with Gasteiger partial charge in [-0.2, -0.15) is 0 Å². The second kappa shape index (κ2) is 4.62. The van der Waals surface area contributed by atoms with Crippen molar-refractivity contribution in [1.29, 1.82) is 0 Å². The van der Waals surface area contributed by atoms with Gasteiger partial charge in [0.05, 0.1) is 0 Å². The SMILES string of the molecule is O[CH2][Sn][c]1cccc2ncc3ccccc3c12. The second-order valence-electron chi connectivity index (χ2n) is 3.88. The number of hydrogen-bond donors (Lipinski definition) is 1. The first kappa shape index (κ1) is 11.0. The third-order valence-electron chi connectivity index (χ3n) is 2.88. The van der Waals surface area contributed by atoms with E-state index in [4.69, 9.17) is 0 Å². The van der Waals surface area contributed by atoms with E-state index in [-0.39, 0.29) is 0 Å². The van der Waals surface area contributed by atoms with E-state index in [2.05, 4.69) is 29.2 Å². The first-order valence-corrected chi connectivity index (χ1v) is 8.96. The van der Waals surface area contributed by atoms with E-state index in [0.29, 0.717) is 4.62 Å². The molecule has 0 saturated heterocycles. The van der Waals surface area contributed by atoms with E-state index in [1.165, 1.54) is 19.7 Å². The molecule has 17 heavy (non-hydrogen) atoms. The van der Waals surface area contributed by atoms with E-state index in [9.17, 15) is 5.11 Å². The first-order valence-electron chi connectivity index (χ1n) is 5.51. The Labute approximate surface area is 110 Å². The van der Waals surface area contributed by atoms with Crippen LogP contribution in [0, 0.1) is 0 Å². The van der Waals surface area contributed by atoms with Crippen LogP contribution in [0.15, 0.2) is 48.7 Å². The molecule has 3 aromatic rings. The number of aromatic nitrogens is 1. The van der Waals surface area contributed by atoms with Crippen molar-refractivity contribution in [1.82, 2.24) is 4.98 Å². The van der Waals surface area contributed by atoms with Crippen LogP contribution < -0.4 is 3.58 Å². The van der Waals surface area contributed by atoms with Crippen molar-refractivity contribution in [2.45, 2.75) is 0 Å². The van der Waals surface area contributed by atoms with Crippen molar-refractivity contribution in [2.24, 2.45) is 0 Å². The van der Waals surface area contributed by atoms with Gasteiger partial charge in [0.25, 0.3) is 0 Å². The maximum atomic E-state index is 9.21. The predicted molar refractivity (Wildman–Crippen MR) is 71.7 cm³/mol. The van der Waals surface area contributed by atoms with Crippen LogP contribution >= 0.6 is 0 Å². The Morgan fingerprint density at radius 2 is 1.94 bits per heavy atom. The van der Waals surface area contributed by atoms with Crippen molar-refractivity contribution in [3.05, 3.63) is 48.7 Å². The van der Waals surface area contributed by atoms with Crippen molar-refractivity contribution in [2.75, 3.05) is 4.62 Å². The molecule has 2 radical (unpaired) electrons. The zero-order chi connectivity index (χ0) is 11.7. The Morgan fingerprint density at radius 1 is 1.06 bits per heavy atom. The van der Waals surface area contributed by atoms with Crippen LogP contribution in [0.2, 0.25) is 0 Å². The van der Waals surface area contributed by atoms with Crippen LogP contribution in [-0.4, -0.2) is 35.9 Å². The average molecular weight is 328 g/mol. The molecule has 82 valence electrons. The molecule has 2 aromatic carbocycles. The van der Waals surface area contributed by atoms with E-state index >= 15 is 0 Å². The minimum absolute atomic E-state index is 0.339. The van der Waals surface area contributed by atoms with Crippen LogP contribution in [0.4, 0.5) is 0 Å². The number of pyridine rings is 1. The molecule has 0 bridgehead atoms. The van der Waals surface area contributed by atoms with Gasteiger partial charge in [-0.1, -0.05) is 0 Å². The summed E-state index contributed by atoms with van der Waals surface area (Å²) in [5.41, 5.74) is 1.04. The van der Waals surface area contributed by atoms with Crippen molar-refractivity contribution < 1.29 is 5.11 Å². The molecule has 0 unspecified atom stereocenters. The van der Waals surface area contributed by atoms with Gasteiger partial charge in [-0.25, -0.2) is 0 Å². The molecule has 1 heterocycles. The molecule has 3 rings (SSSR count). The van der Waals surface area contributed by atoms with Gasteiger partial charge < -0.3 is 0 Å². The number of aliphatic hydroxyl groups excluding tert-OH is 1. The number of fused-ring (bicyclic) bond motifs is 3. The molecule has 3 heteroatoms. The molecule has 0 aliphatic carbocycles. The fraction of sp³-hybridized carbons (Fsp3) is 0.0714. The van der Waals surface area contributed by atoms with Gasteiger partial charge in [-0.3, -0.25) is 0 Å². The minimum atomic E-state index is -0.880. The summed E-state index contributed by atoms with van der Waals surface area (Å²) in [6, 6.07) is 14.5. The summed E-state index contributed by atoms with van der Waals surface area (Å²) in [5, 5.41) is 12.9. The summed E-state index contributed by atoms with van der Waals surface area (Å²) in [6.07, 6.45) is 1.92. The van der Waals surface area contributed by atoms with Gasteiger partial charge >= 0.3 is 110 Å². The number of benzene rings is 2. The van der Waals surface area contributed by atoms with Gasteiger partial charge in [0, 0.05) is 0 Å². The third kappa shape index (κ3) is 1.91. The van der Waals surface area contributed by atoms with E-state index in [0.717, 1.165) is 5.52 Å². The molecule has 1 N–H and O–H groups in total. The number of nitrogens with zero attached hydrogens (tertiary/aromatic N) is 1. The summed E-state index contributed by atoms with van der Waals surface area (Å²) in [5.74, 6) is 0. The standard InChI is InChI=1S/C13H8N.CH3O.Sn/c1-2-6-11-10(5-1)9-14-13-8-4-3-7-12(11)13;1-2;/h1-6,8-9H;2H,1H2;. The molecular formula is C14H11NOSn. The summed E-state index contributed by atoms with van der Waals surface area (Å²) in [7, 11) is 0. The van der Waals surface area contributed by atoms with Crippen molar-refractivity contribution in [3.8, 4) is 0 Å².